The number of aryl methyl sites for hydroxylation is 4. The summed E-state index contributed by atoms with van der Waals surface area (Å²) in [6.45, 7) is 19.5. The van der Waals surface area contributed by atoms with Crippen LogP contribution in [-0.2, 0) is 0 Å². The van der Waals surface area contributed by atoms with Crippen LogP contribution in [-0.4, -0.2) is 144 Å². The lowest BCUT2D eigenvalue weighted by Crippen LogP contribution is -2.50. The highest BCUT2D eigenvalue weighted by Crippen LogP contribution is 2.27. The highest BCUT2D eigenvalue weighted by molar-refractivity contribution is 9.09. The van der Waals surface area contributed by atoms with Gasteiger partial charge in [0.25, 0.3) is 0 Å². The van der Waals surface area contributed by atoms with Gasteiger partial charge in [-0.15, -0.1) is 22.7 Å². The molecule has 4 aromatic carbocycles. The Labute approximate surface area is 407 Å². The smallest absolute Gasteiger partial charge is 0.139 e. The van der Waals surface area contributed by atoms with Crippen LogP contribution in [0.25, 0.3) is 20.4 Å². The number of hydrogen-bond donors (Lipinski definition) is 5. The minimum Gasteiger partial charge on any atom is -0.492 e. The molecule has 0 unspecified atom stereocenters. The van der Waals surface area contributed by atoms with E-state index < -0.39 is 12.3 Å². The van der Waals surface area contributed by atoms with Gasteiger partial charge in [0.1, 0.15) is 55.2 Å². The highest BCUT2D eigenvalue weighted by atomic mass is 79.9. The number of thiazole rings is 2. The minimum absolute atomic E-state index is 0.249. The van der Waals surface area contributed by atoms with Crippen LogP contribution in [0.15, 0.2) is 84.9 Å². The van der Waals surface area contributed by atoms with E-state index >= 15 is 0 Å². The SMILES string of the molecule is CCO.Cc1ccccc1OCCBr.Cc1nc2cc(OC[C@H](O)CN3CCN(CCOc4ccccc4C)CC3)ccc2s1.Cc1nc2cc(OC[C@H](O)NC3CCNCC3)ccc2s1. The standard InChI is InChI=1S/C24H31N3O3S.C15H21N3O2S.C9H11BrO.C2H6O/c1-18-5-3-4-6-23(18)29-14-13-26-9-11-27(12-10-26)16-20(28)17-30-21-7-8-24-22(15-21)25-19(2)31-24;1-10-17-13-8-12(2-3-14(13)21-10)20-9-15(19)18-11-4-6-16-7-5-11;1-8-4-2-3-5-9(8)11-7-6-10;1-2-3/h3-8,15,20,28H,9-14,16-17H2,1-2H3;2-3,8,11,15-16,18-19H,4-7,9H2,1H3;2-5H,6-7H2,1H3;3H,2H2,1H3/t20-;15-;;/m10../s1. The van der Waals surface area contributed by atoms with Crippen LogP contribution in [0, 0.1) is 27.7 Å². The summed E-state index contributed by atoms with van der Waals surface area (Å²) in [4.78, 5) is 13.7. The van der Waals surface area contributed by atoms with Crippen molar-refractivity contribution in [1.29, 1.82) is 0 Å². The molecule has 0 bridgehead atoms. The third-order valence-electron chi connectivity index (χ3n) is 10.7. The molecule has 13 nitrogen and oxygen atoms in total. The molecule has 2 aromatic heterocycles. The molecule has 8 rings (SSSR count). The molecular formula is C50H69BrN6O7S2. The Hall–Kier alpha value is -3.94. The second-order valence-corrected chi connectivity index (χ2v) is 19.3. The van der Waals surface area contributed by atoms with Gasteiger partial charge < -0.3 is 39.6 Å². The number of ether oxygens (including phenoxy) is 4. The van der Waals surface area contributed by atoms with E-state index in [0.29, 0.717) is 25.8 Å². The fourth-order valence-corrected chi connectivity index (χ4v) is 9.09. The number of halogens is 1. The Balaban J connectivity index is 0.000000200. The first kappa shape index (κ1) is 53.0. The van der Waals surface area contributed by atoms with Crippen LogP contribution >= 0.6 is 38.6 Å². The number of piperazine rings is 1. The molecule has 2 atom stereocenters. The number of rotatable bonds is 17. The number of aliphatic hydroxyl groups excluding tert-OH is 3. The van der Waals surface area contributed by atoms with E-state index in [0.717, 1.165) is 124 Å². The zero-order valence-corrected chi connectivity index (χ0v) is 42.3. The van der Waals surface area contributed by atoms with E-state index in [1.807, 2.05) is 99.6 Å². The van der Waals surface area contributed by atoms with E-state index in [2.05, 4.69) is 59.3 Å². The predicted molar refractivity (Wildman–Crippen MR) is 274 cm³/mol. The lowest BCUT2D eigenvalue weighted by molar-refractivity contribution is 0.0436. The van der Waals surface area contributed by atoms with Gasteiger partial charge in [-0.3, -0.25) is 15.1 Å². The zero-order chi connectivity index (χ0) is 47.1. The van der Waals surface area contributed by atoms with Crippen LogP contribution in [0.4, 0.5) is 0 Å². The maximum Gasteiger partial charge on any atom is 0.139 e. The number of benzene rings is 4. The number of β-amino-alcohol motifs (C(OH)–C–C–N with tert-alkyl or cyclic N) is 1. The van der Waals surface area contributed by atoms with Gasteiger partial charge in [0, 0.05) is 69.4 Å². The summed E-state index contributed by atoms with van der Waals surface area (Å²) in [5.41, 5.74) is 4.27. The average molecular weight is 1010 g/mol. The molecule has 0 aliphatic carbocycles. The summed E-state index contributed by atoms with van der Waals surface area (Å²) in [6, 6.07) is 28.3. The fourth-order valence-electron chi connectivity index (χ4n) is 7.32. The zero-order valence-electron chi connectivity index (χ0n) is 39.1. The van der Waals surface area contributed by atoms with Crippen molar-refractivity contribution in [3.8, 4) is 23.0 Å². The molecular weight excluding hydrogens is 941 g/mol. The summed E-state index contributed by atoms with van der Waals surface area (Å²) in [6.07, 6.45) is 0.937. The van der Waals surface area contributed by atoms with Crippen molar-refractivity contribution in [1.82, 2.24) is 30.4 Å². The summed E-state index contributed by atoms with van der Waals surface area (Å²) in [5, 5.41) is 37.5. The number of hydrogen-bond acceptors (Lipinski definition) is 15. The van der Waals surface area contributed by atoms with Crippen LogP contribution in [0.1, 0.15) is 40.9 Å². The molecule has 0 radical (unpaired) electrons. The quantitative estimate of drug-likeness (QED) is 0.0448. The van der Waals surface area contributed by atoms with Gasteiger partial charge >= 0.3 is 0 Å². The molecule has 4 heterocycles. The van der Waals surface area contributed by atoms with Crippen LogP contribution < -0.4 is 29.6 Å². The number of para-hydroxylation sites is 2. The van der Waals surface area contributed by atoms with Gasteiger partial charge in [-0.25, -0.2) is 9.97 Å². The molecule has 360 valence electrons. The third kappa shape index (κ3) is 18.6. The molecule has 6 aromatic rings. The van der Waals surface area contributed by atoms with E-state index in [-0.39, 0.29) is 13.2 Å². The summed E-state index contributed by atoms with van der Waals surface area (Å²) < 4.78 is 25.2. The summed E-state index contributed by atoms with van der Waals surface area (Å²) in [5.74, 6) is 3.45. The van der Waals surface area contributed by atoms with Crippen molar-refractivity contribution < 1.29 is 34.3 Å². The monoisotopic (exact) mass is 1010 g/mol. The molecule has 2 aliphatic heterocycles. The van der Waals surface area contributed by atoms with Crippen LogP contribution in [0.2, 0.25) is 0 Å². The van der Waals surface area contributed by atoms with Crippen LogP contribution in [0.3, 0.4) is 0 Å². The first-order valence-corrected chi connectivity index (χ1v) is 25.6. The molecule has 5 N–H and O–H groups in total. The minimum atomic E-state index is -0.638. The molecule has 16 heteroatoms. The highest BCUT2D eigenvalue weighted by Gasteiger charge is 2.20. The number of fused-ring (bicyclic) bond motifs is 2. The molecule has 0 saturated carbocycles. The summed E-state index contributed by atoms with van der Waals surface area (Å²) in [7, 11) is 0. The Bertz CT molecular complexity index is 2290. The Morgan fingerprint density at radius 1 is 0.712 bits per heavy atom. The number of nitrogens with one attached hydrogen (secondary N) is 2. The van der Waals surface area contributed by atoms with Crippen molar-refractivity contribution in [2.75, 3.05) is 90.7 Å². The topological polar surface area (TPSA) is 154 Å². The maximum absolute atomic E-state index is 10.4. The molecule has 2 saturated heterocycles. The molecule has 66 heavy (non-hydrogen) atoms. The lowest BCUT2D eigenvalue weighted by atomic mass is 10.1. The first-order valence-electron chi connectivity index (χ1n) is 22.8. The van der Waals surface area contributed by atoms with Crippen molar-refractivity contribution in [2.45, 2.75) is 65.8 Å². The molecule has 0 spiro atoms. The Kier molecular flexibility index (Phi) is 23.3. The first-order chi connectivity index (χ1) is 32.0. The van der Waals surface area contributed by atoms with Crippen molar-refractivity contribution in [2.24, 2.45) is 0 Å². The largest absolute Gasteiger partial charge is 0.492 e. The molecule has 2 aliphatic rings. The van der Waals surface area contributed by atoms with Crippen LogP contribution in [0.5, 0.6) is 23.0 Å². The van der Waals surface area contributed by atoms with Crippen molar-refractivity contribution >= 4 is 59.0 Å². The third-order valence-corrected chi connectivity index (χ3v) is 12.9. The van der Waals surface area contributed by atoms with Gasteiger partial charge in [-0.1, -0.05) is 52.3 Å². The lowest BCUT2D eigenvalue weighted by Gasteiger charge is -2.35. The molecule has 2 fully saturated rings. The normalized spacial score (nSPS) is 15.3. The van der Waals surface area contributed by atoms with Gasteiger partial charge in [0.05, 0.1) is 37.1 Å². The van der Waals surface area contributed by atoms with E-state index in [4.69, 9.17) is 24.1 Å². The average Bonchev–Trinajstić information content (AvgIpc) is 3.89. The molecule has 0 amide bonds. The number of nitrogens with zero attached hydrogens (tertiary/aromatic N) is 4. The van der Waals surface area contributed by atoms with Gasteiger partial charge in [0.2, 0.25) is 0 Å². The van der Waals surface area contributed by atoms with Crippen molar-refractivity contribution in [3.63, 3.8) is 0 Å². The second kappa shape index (κ2) is 29.1. The number of aliphatic hydroxyl groups is 3. The van der Waals surface area contributed by atoms with Crippen molar-refractivity contribution in [3.05, 3.63) is 106 Å². The number of aromatic nitrogens is 2. The van der Waals surface area contributed by atoms with Gasteiger partial charge in [0.15, 0.2) is 0 Å². The maximum atomic E-state index is 10.4. The van der Waals surface area contributed by atoms with Gasteiger partial charge in [-0.2, -0.15) is 0 Å². The predicted octanol–water partition coefficient (Wildman–Crippen LogP) is 7.76. The number of alkyl halides is 1. The summed E-state index contributed by atoms with van der Waals surface area (Å²) >= 11 is 6.66. The number of piperidine rings is 1. The fraction of sp³-hybridized carbons (Fsp3) is 0.480. The van der Waals surface area contributed by atoms with E-state index in [1.165, 1.54) is 11.1 Å². The Morgan fingerprint density at radius 3 is 1.74 bits per heavy atom. The van der Waals surface area contributed by atoms with E-state index in [9.17, 15) is 10.2 Å². The second-order valence-electron chi connectivity index (χ2n) is 16.1. The van der Waals surface area contributed by atoms with E-state index in [1.54, 1.807) is 29.6 Å². The van der Waals surface area contributed by atoms with Gasteiger partial charge in [-0.05, 0) is 108 Å². The Morgan fingerprint density at radius 2 is 1.21 bits per heavy atom.